The fraction of sp³-hybridized carbons (Fsp3) is 0.467. The highest BCUT2D eigenvalue weighted by molar-refractivity contribution is 5.93. The van der Waals surface area contributed by atoms with Gasteiger partial charge < -0.3 is 9.47 Å². The molecule has 3 rings (SSSR count). The maximum absolute atomic E-state index is 11.7. The minimum Gasteiger partial charge on any atom is -0.461 e. The number of rotatable bonds is 1. The highest BCUT2D eigenvalue weighted by atomic mass is 16.6. The van der Waals surface area contributed by atoms with E-state index in [2.05, 4.69) is 19.7 Å². The van der Waals surface area contributed by atoms with Gasteiger partial charge in [0.15, 0.2) is 0 Å². The summed E-state index contributed by atoms with van der Waals surface area (Å²) in [5.41, 5.74) is 0.523. The lowest BCUT2D eigenvalue weighted by molar-refractivity contribution is -0.161. The number of ether oxygens (including phenoxy) is 2. The molecule has 0 amide bonds. The van der Waals surface area contributed by atoms with E-state index >= 15 is 0 Å². The van der Waals surface area contributed by atoms with Crippen LogP contribution in [0.5, 0.6) is 0 Å². The Bertz CT molecular complexity index is 518. The molecule has 3 aliphatic rings. The normalized spacial score (nSPS) is 41.2. The number of carbonyl (C=O) groups excluding carboxylic acids is 2. The Morgan fingerprint density at radius 1 is 1.21 bits per heavy atom. The Labute approximate surface area is 111 Å². The van der Waals surface area contributed by atoms with Crippen LogP contribution in [0.15, 0.2) is 37.0 Å². The molecular weight excluding hydrogens is 244 g/mol. The van der Waals surface area contributed by atoms with Gasteiger partial charge in [0.1, 0.15) is 12.7 Å². The van der Waals surface area contributed by atoms with E-state index < -0.39 is 5.97 Å². The lowest BCUT2D eigenvalue weighted by Crippen LogP contribution is -2.52. The molecule has 4 nitrogen and oxygen atoms in total. The van der Waals surface area contributed by atoms with Crippen molar-refractivity contribution in [1.82, 2.24) is 0 Å². The topological polar surface area (TPSA) is 52.6 Å². The van der Waals surface area contributed by atoms with Crippen molar-refractivity contribution in [2.45, 2.75) is 18.9 Å². The SMILES string of the molecule is C=C[C@]12CCC3C(=C)C(=O)O[C@@H]3[C@H]1C(=C)C(=O)OC2. The van der Waals surface area contributed by atoms with Crippen molar-refractivity contribution < 1.29 is 19.1 Å². The van der Waals surface area contributed by atoms with Crippen molar-refractivity contribution >= 4 is 11.9 Å². The summed E-state index contributed by atoms with van der Waals surface area (Å²) in [5, 5.41) is 0. The molecule has 1 unspecified atom stereocenters. The third-order valence-corrected chi connectivity index (χ3v) is 4.73. The van der Waals surface area contributed by atoms with Gasteiger partial charge in [-0.1, -0.05) is 19.2 Å². The monoisotopic (exact) mass is 260 g/mol. The summed E-state index contributed by atoms with van der Waals surface area (Å²) in [7, 11) is 0. The fourth-order valence-electron chi connectivity index (χ4n) is 3.59. The Morgan fingerprint density at radius 2 is 1.95 bits per heavy atom. The van der Waals surface area contributed by atoms with Gasteiger partial charge in [0.25, 0.3) is 0 Å². The van der Waals surface area contributed by atoms with Gasteiger partial charge in [-0.2, -0.15) is 0 Å². The van der Waals surface area contributed by atoms with Gasteiger partial charge in [-0.05, 0) is 12.8 Å². The summed E-state index contributed by atoms with van der Waals surface area (Å²) < 4.78 is 10.6. The van der Waals surface area contributed by atoms with Crippen LogP contribution in [0.1, 0.15) is 12.8 Å². The zero-order chi connectivity index (χ0) is 13.8. The van der Waals surface area contributed by atoms with Crippen LogP contribution in [-0.2, 0) is 19.1 Å². The first-order valence-electron chi connectivity index (χ1n) is 6.39. The van der Waals surface area contributed by atoms with Crippen LogP contribution >= 0.6 is 0 Å². The number of hydrogen-bond acceptors (Lipinski definition) is 4. The quantitative estimate of drug-likeness (QED) is 0.409. The van der Waals surface area contributed by atoms with Crippen molar-refractivity contribution in [2.75, 3.05) is 6.61 Å². The van der Waals surface area contributed by atoms with Crippen LogP contribution in [0.3, 0.4) is 0 Å². The lowest BCUT2D eigenvalue weighted by Gasteiger charge is -2.48. The molecule has 0 N–H and O–H groups in total. The molecule has 1 aliphatic carbocycles. The van der Waals surface area contributed by atoms with E-state index in [9.17, 15) is 9.59 Å². The minimum absolute atomic E-state index is 0.0202. The standard InChI is InChI=1S/C15H16O4/c1-4-15-6-5-10-8(2)14(17)19-12(10)11(15)9(3)13(16)18-7-15/h4,10-12H,1-3,5-7H2/t10?,11-,12+,15-/m1/s1. The van der Waals surface area contributed by atoms with Gasteiger partial charge in [0.05, 0.1) is 0 Å². The molecule has 2 saturated heterocycles. The summed E-state index contributed by atoms with van der Waals surface area (Å²) in [6, 6.07) is 0. The number of cyclic esters (lactones) is 1. The molecule has 19 heavy (non-hydrogen) atoms. The third kappa shape index (κ3) is 1.46. The van der Waals surface area contributed by atoms with E-state index in [1.54, 1.807) is 0 Å². The molecule has 0 bridgehead atoms. The van der Waals surface area contributed by atoms with Crippen LogP contribution in [-0.4, -0.2) is 24.6 Å². The summed E-state index contributed by atoms with van der Waals surface area (Å²) in [6.07, 6.45) is 3.06. The smallest absolute Gasteiger partial charge is 0.334 e. The summed E-state index contributed by atoms with van der Waals surface area (Å²) in [6.45, 7) is 11.8. The van der Waals surface area contributed by atoms with Crippen LogP contribution < -0.4 is 0 Å². The van der Waals surface area contributed by atoms with E-state index in [0.717, 1.165) is 12.8 Å². The van der Waals surface area contributed by atoms with Crippen molar-refractivity contribution in [3.8, 4) is 0 Å². The average Bonchev–Trinajstić information content (AvgIpc) is 2.69. The first-order valence-corrected chi connectivity index (χ1v) is 6.39. The summed E-state index contributed by atoms with van der Waals surface area (Å²) in [4.78, 5) is 23.4. The van der Waals surface area contributed by atoms with Gasteiger partial charge in [0.2, 0.25) is 0 Å². The van der Waals surface area contributed by atoms with Crippen molar-refractivity contribution in [3.63, 3.8) is 0 Å². The predicted octanol–water partition coefficient (Wildman–Crippen LogP) is 1.78. The van der Waals surface area contributed by atoms with Crippen LogP contribution in [0.25, 0.3) is 0 Å². The van der Waals surface area contributed by atoms with Crippen molar-refractivity contribution in [2.24, 2.45) is 17.3 Å². The van der Waals surface area contributed by atoms with Gasteiger partial charge in [-0.15, -0.1) is 6.58 Å². The molecule has 4 atom stereocenters. The highest BCUT2D eigenvalue weighted by Gasteiger charge is 2.58. The fourth-order valence-corrected chi connectivity index (χ4v) is 3.59. The summed E-state index contributed by atoms with van der Waals surface area (Å²) in [5.74, 6) is -1.03. The number of hydrogen-bond donors (Lipinski definition) is 0. The van der Waals surface area contributed by atoms with Crippen molar-refractivity contribution in [1.29, 1.82) is 0 Å². The Balaban J connectivity index is 2.05. The van der Waals surface area contributed by atoms with E-state index in [1.165, 1.54) is 0 Å². The lowest BCUT2D eigenvalue weighted by atomic mass is 9.58. The first kappa shape index (κ1) is 12.2. The van der Waals surface area contributed by atoms with Crippen molar-refractivity contribution in [3.05, 3.63) is 37.0 Å². The largest absolute Gasteiger partial charge is 0.461 e. The molecule has 100 valence electrons. The molecule has 0 aromatic rings. The van der Waals surface area contributed by atoms with E-state index in [1.807, 2.05) is 6.08 Å². The summed E-state index contributed by atoms with van der Waals surface area (Å²) >= 11 is 0. The van der Waals surface area contributed by atoms with Gasteiger partial charge >= 0.3 is 11.9 Å². The van der Waals surface area contributed by atoms with Crippen LogP contribution in [0.4, 0.5) is 0 Å². The second-order valence-corrected chi connectivity index (χ2v) is 5.56. The second kappa shape index (κ2) is 3.83. The number of fused-ring (bicyclic) bond motifs is 3. The van der Waals surface area contributed by atoms with Crippen LogP contribution in [0.2, 0.25) is 0 Å². The predicted molar refractivity (Wildman–Crippen MR) is 68.0 cm³/mol. The zero-order valence-electron chi connectivity index (χ0n) is 10.7. The molecule has 4 heteroatoms. The Kier molecular flexibility index (Phi) is 2.46. The Hall–Kier alpha value is -1.84. The molecule has 1 saturated carbocycles. The van der Waals surface area contributed by atoms with Gasteiger partial charge in [0, 0.05) is 28.4 Å². The average molecular weight is 260 g/mol. The molecule has 0 aromatic carbocycles. The van der Waals surface area contributed by atoms with Gasteiger partial charge in [-0.25, -0.2) is 9.59 Å². The maximum Gasteiger partial charge on any atom is 0.334 e. The molecule has 2 aliphatic heterocycles. The number of esters is 2. The molecule has 3 fully saturated rings. The molecule has 0 aromatic heterocycles. The third-order valence-electron chi connectivity index (χ3n) is 4.73. The van der Waals surface area contributed by atoms with E-state index in [0.29, 0.717) is 11.1 Å². The maximum atomic E-state index is 11.7. The molecule has 0 spiro atoms. The van der Waals surface area contributed by atoms with E-state index in [4.69, 9.17) is 9.47 Å². The zero-order valence-corrected chi connectivity index (χ0v) is 10.7. The molecule has 0 radical (unpaired) electrons. The van der Waals surface area contributed by atoms with E-state index in [-0.39, 0.29) is 35.9 Å². The minimum atomic E-state index is -0.406. The first-order chi connectivity index (χ1) is 9.00. The number of carbonyl (C=O) groups is 2. The van der Waals surface area contributed by atoms with Crippen LogP contribution in [0, 0.1) is 17.3 Å². The highest BCUT2D eigenvalue weighted by Crippen LogP contribution is 2.54. The molecule has 2 heterocycles. The second-order valence-electron chi connectivity index (χ2n) is 5.56. The molecular formula is C15H16O4. The van der Waals surface area contributed by atoms with Gasteiger partial charge in [-0.3, -0.25) is 0 Å². The Morgan fingerprint density at radius 3 is 2.63 bits per heavy atom.